The second-order valence-corrected chi connectivity index (χ2v) is 3.43. The fraction of sp³-hybridized carbons (Fsp3) is 1.00. The third-order valence-corrected chi connectivity index (χ3v) is 1.38. The van der Waals surface area contributed by atoms with Gasteiger partial charge in [0.15, 0.2) is 0 Å². The lowest BCUT2D eigenvalue weighted by molar-refractivity contribution is 0.565. The van der Waals surface area contributed by atoms with Gasteiger partial charge in [-0.05, 0) is 27.1 Å². The molecule has 0 atom stereocenters. The quantitative estimate of drug-likeness (QED) is 0.436. The summed E-state index contributed by atoms with van der Waals surface area (Å²) in [5, 5.41) is 3.09. The molecule has 0 aromatic carbocycles. The lowest BCUT2D eigenvalue weighted by Crippen LogP contribution is -2.14. The number of hydrogen-bond donors (Lipinski definition) is 1. The van der Waals surface area contributed by atoms with Gasteiger partial charge >= 0.3 is 0 Å². The number of halogens is 1. The van der Waals surface area contributed by atoms with Gasteiger partial charge in [-0.3, -0.25) is 3.11 Å². The Morgan fingerprint density at radius 1 is 1.62 bits per heavy atom. The molecule has 0 unspecified atom stereocenters. The van der Waals surface area contributed by atoms with Crippen molar-refractivity contribution < 1.29 is 0 Å². The minimum absolute atomic E-state index is 1.12. The molecule has 0 radical (unpaired) electrons. The first-order valence-corrected chi connectivity index (χ1v) is 3.75. The Balaban J connectivity index is 2.72. The Morgan fingerprint density at radius 2 is 2.25 bits per heavy atom. The van der Waals surface area contributed by atoms with Crippen molar-refractivity contribution in [3.63, 3.8) is 0 Å². The first-order valence-electron chi connectivity index (χ1n) is 2.79. The van der Waals surface area contributed by atoms with Gasteiger partial charge in [0.1, 0.15) is 0 Å². The molecule has 0 aromatic heterocycles. The molecule has 0 amide bonds. The first kappa shape index (κ1) is 8.65. The highest BCUT2D eigenvalue weighted by Gasteiger charge is 1.87. The largest absolute Gasteiger partial charge is 0.320 e. The molecule has 0 saturated heterocycles. The van der Waals surface area contributed by atoms with E-state index in [2.05, 4.69) is 38.3 Å². The van der Waals surface area contributed by atoms with Gasteiger partial charge in [0, 0.05) is 29.4 Å². The first-order chi connectivity index (χ1) is 3.77. The summed E-state index contributed by atoms with van der Waals surface area (Å²) >= 11 is 2.29. The van der Waals surface area contributed by atoms with Crippen molar-refractivity contribution in [1.82, 2.24) is 8.43 Å². The van der Waals surface area contributed by atoms with Crippen LogP contribution in [0.1, 0.15) is 6.42 Å². The van der Waals surface area contributed by atoms with E-state index in [-0.39, 0.29) is 0 Å². The van der Waals surface area contributed by atoms with Crippen LogP contribution in [0.4, 0.5) is 0 Å². The Bertz CT molecular complexity index is 47.7. The van der Waals surface area contributed by atoms with Crippen molar-refractivity contribution in [2.75, 3.05) is 27.2 Å². The second-order valence-electron chi connectivity index (χ2n) is 1.79. The summed E-state index contributed by atoms with van der Waals surface area (Å²) in [6.45, 7) is 2.29. The van der Waals surface area contributed by atoms with Gasteiger partial charge in [-0.25, -0.2) is 0 Å². The normalized spacial score (nSPS) is 10.5. The Hall–Kier alpha value is 0.650. The number of nitrogens with one attached hydrogen (secondary N) is 1. The van der Waals surface area contributed by atoms with Crippen molar-refractivity contribution in [2.24, 2.45) is 0 Å². The van der Waals surface area contributed by atoms with Gasteiger partial charge in [0.2, 0.25) is 0 Å². The van der Waals surface area contributed by atoms with E-state index >= 15 is 0 Å². The monoisotopic (exact) mass is 228 g/mol. The highest BCUT2D eigenvalue weighted by Crippen LogP contribution is 1.92. The van der Waals surface area contributed by atoms with E-state index in [0.717, 1.165) is 6.54 Å². The molecule has 0 aliphatic carbocycles. The molecular formula is C5H13IN2. The third kappa shape index (κ3) is 6.65. The predicted octanol–water partition coefficient (Wildman–Crippen LogP) is 0.878. The fourth-order valence-corrected chi connectivity index (χ4v) is 0.815. The highest BCUT2D eigenvalue weighted by molar-refractivity contribution is 14.1. The van der Waals surface area contributed by atoms with Gasteiger partial charge in [0.25, 0.3) is 0 Å². The van der Waals surface area contributed by atoms with Crippen LogP contribution in [0.5, 0.6) is 0 Å². The average Bonchev–Trinajstić information content (AvgIpc) is 1.66. The van der Waals surface area contributed by atoms with Gasteiger partial charge in [-0.2, -0.15) is 0 Å². The topological polar surface area (TPSA) is 15.3 Å². The summed E-state index contributed by atoms with van der Waals surface area (Å²) in [5.74, 6) is 0. The number of rotatable bonds is 4. The summed E-state index contributed by atoms with van der Waals surface area (Å²) < 4.78 is 2.16. The van der Waals surface area contributed by atoms with Crippen molar-refractivity contribution >= 4 is 22.9 Å². The minimum atomic E-state index is 1.12. The maximum atomic E-state index is 3.09. The molecule has 0 bridgehead atoms. The van der Waals surface area contributed by atoms with E-state index in [1.807, 2.05) is 7.05 Å². The lowest BCUT2D eigenvalue weighted by atomic mass is 10.4. The molecule has 50 valence electrons. The lowest BCUT2D eigenvalue weighted by Gasteiger charge is -2.04. The van der Waals surface area contributed by atoms with Gasteiger partial charge < -0.3 is 5.32 Å². The minimum Gasteiger partial charge on any atom is -0.320 e. The van der Waals surface area contributed by atoms with Gasteiger partial charge in [0.05, 0.1) is 0 Å². The molecule has 0 heterocycles. The molecule has 0 spiro atoms. The summed E-state index contributed by atoms with van der Waals surface area (Å²) in [5.41, 5.74) is 0. The van der Waals surface area contributed by atoms with Crippen LogP contribution in [0.2, 0.25) is 0 Å². The van der Waals surface area contributed by atoms with Crippen LogP contribution in [-0.4, -0.2) is 30.3 Å². The van der Waals surface area contributed by atoms with Crippen molar-refractivity contribution in [3.8, 4) is 0 Å². The highest BCUT2D eigenvalue weighted by atomic mass is 127. The molecule has 0 aromatic rings. The predicted molar refractivity (Wildman–Crippen MR) is 45.2 cm³/mol. The van der Waals surface area contributed by atoms with E-state index in [1.165, 1.54) is 13.0 Å². The Labute approximate surface area is 65.1 Å². The molecule has 3 heteroatoms. The van der Waals surface area contributed by atoms with Crippen LogP contribution >= 0.6 is 22.9 Å². The molecular weight excluding hydrogens is 215 g/mol. The number of hydrogen-bond acceptors (Lipinski definition) is 2. The maximum Gasteiger partial charge on any atom is 0.0198 e. The van der Waals surface area contributed by atoms with E-state index in [0.29, 0.717) is 0 Å². The van der Waals surface area contributed by atoms with E-state index in [9.17, 15) is 0 Å². The number of nitrogens with zero attached hydrogens (tertiary/aromatic N) is 1. The standard InChI is InChI=1S/C5H13IN2/c1-7-4-3-5-8(2)6/h7H,3-5H2,1-2H3. The zero-order chi connectivity index (χ0) is 6.41. The molecule has 2 nitrogen and oxygen atoms in total. The van der Waals surface area contributed by atoms with Gasteiger partial charge in [-0.15, -0.1) is 0 Å². The molecule has 0 aliphatic rings. The Morgan fingerprint density at radius 3 is 2.62 bits per heavy atom. The second kappa shape index (κ2) is 5.78. The zero-order valence-corrected chi connectivity index (χ0v) is 7.60. The van der Waals surface area contributed by atoms with Crippen LogP contribution in [-0.2, 0) is 0 Å². The molecule has 1 N–H and O–H groups in total. The van der Waals surface area contributed by atoms with Crippen LogP contribution in [0.15, 0.2) is 0 Å². The Kier molecular flexibility index (Phi) is 6.25. The average molecular weight is 228 g/mol. The van der Waals surface area contributed by atoms with Crippen LogP contribution in [0, 0.1) is 0 Å². The molecule has 0 aliphatic heterocycles. The third-order valence-electron chi connectivity index (χ3n) is 0.893. The zero-order valence-electron chi connectivity index (χ0n) is 5.45. The van der Waals surface area contributed by atoms with E-state index in [4.69, 9.17) is 0 Å². The summed E-state index contributed by atoms with van der Waals surface area (Å²) in [4.78, 5) is 0. The maximum absolute atomic E-state index is 3.09. The van der Waals surface area contributed by atoms with Crippen LogP contribution in [0.25, 0.3) is 0 Å². The van der Waals surface area contributed by atoms with Crippen LogP contribution < -0.4 is 5.32 Å². The van der Waals surface area contributed by atoms with Crippen LogP contribution in [0.3, 0.4) is 0 Å². The molecule has 0 fully saturated rings. The molecule has 8 heavy (non-hydrogen) atoms. The molecule has 0 rings (SSSR count). The SMILES string of the molecule is CNCCCN(C)I. The van der Waals surface area contributed by atoms with Crippen molar-refractivity contribution in [1.29, 1.82) is 0 Å². The summed E-state index contributed by atoms with van der Waals surface area (Å²) in [6, 6.07) is 0. The van der Waals surface area contributed by atoms with Crippen molar-refractivity contribution in [3.05, 3.63) is 0 Å². The summed E-state index contributed by atoms with van der Waals surface area (Å²) in [6.07, 6.45) is 1.23. The summed E-state index contributed by atoms with van der Waals surface area (Å²) in [7, 11) is 4.06. The van der Waals surface area contributed by atoms with Crippen molar-refractivity contribution in [2.45, 2.75) is 6.42 Å². The van der Waals surface area contributed by atoms with E-state index in [1.54, 1.807) is 0 Å². The smallest absolute Gasteiger partial charge is 0.0198 e. The molecule has 0 saturated carbocycles. The van der Waals surface area contributed by atoms with E-state index < -0.39 is 0 Å². The van der Waals surface area contributed by atoms with Gasteiger partial charge in [-0.1, -0.05) is 0 Å². The fourth-order valence-electron chi connectivity index (χ4n) is 0.474.